The van der Waals surface area contributed by atoms with Crippen molar-refractivity contribution in [3.8, 4) is 0 Å². The van der Waals surface area contributed by atoms with Crippen molar-refractivity contribution in [1.29, 1.82) is 0 Å². The normalized spacial score (nSPS) is 24.5. The zero-order valence-electron chi connectivity index (χ0n) is 8.38. The maximum absolute atomic E-state index is 11.5. The molecule has 1 aromatic carbocycles. The summed E-state index contributed by atoms with van der Waals surface area (Å²) in [6.45, 7) is 4.31. The average Bonchev–Trinajstić information content (AvgIpc) is 2.07. The second-order valence-corrected chi connectivity index (χ2v) is 5.53. The molecule has 0 amide bonds. The smallest absolute Gasteiger partial charge is 0.141 e. The molecule has 1 fully saturated rings. The van der Waals surface area contributed by atoms with Gasteiger partial charge in [-0.1, -0.05) is 41.9 Å². The molecule has 1 aromatic rings. The Morgan fingerprint density at radius 1 is 1.29 bits per heavy atom. The van der Waals surface area contributed by atoms with Crippen LogP contribution in [-0.2, 0) is 4.79 Å². The molecule has 2 rings (SSSR count). The number of carbonyl (C=O) groups excluding carboxylic acids is 1. The quantitative estimate of drug-likeness (QED) is 0.748. The van der Waals surface area contributed by atoms with Gasteiger partial charge in [-0.05, 0) is 23.1 Å². The van der Waals surface area contributed by atoms with Gasteiger partial charge in [-0.2, -0.15) is 0 Å². The predicted molar refractivity (Wildman–Crippen MR) is 60.3 cm³/mol. The molecule has 74 valence electrons. The van der Waals surface area contributed by atoms with E-state index in [0.717, 1.165) is 10.0 Å². The fourth-order valence-corrected chi connectivity index (χ4v) is 2.51. The second-order valence-electron chi connectivity index (χ2n) is 4.62. The van der Waals surface area contributed by atoms with Gasteiger partial charge >= 0.3 is 0 Å². The number of benzene rings is 1. The molecular formula is C12H13BrO. The Labute approximate surface area is 92.6 Å². The summed E-state index contributed by atoms with van der Waals surface area (Å²) in [6, 6.07) is 8.06. The lowest BCUT2D eigenvalue weighted by Crippen LogP contribution is -2.42. The van der Waals surface area contributed by atoms with E-state index >= 15 is 0 Å². The summed E-state index contributed by atoms with van der Waals surface area (Å²) in [4.78, 5) is 11.5. The molecule has 1 aliphatic rings. The number of rotatable bonds is 1. The summed E-state index contributed by atoms with van der Waals surface area (Å²) in [6.07, 6.45) is 0.716. The van der Waals surface area contributed by atoms with Crippen molar-refractivity contribution < 1.29 is 4.79 Å². The summed E-state index contributed by atoms with van der Waals surface area (Å²) in [7, 11) is 0. The van der Waals surface area contributed by atoms with Crippen LogP contribution in [0.1, 0.15) is 31.7 Å². The van der Waals surface area contributed by atoms with Gasteiger partial charge in [-0.3, -0.25) is 4.79 Å². The van der Waals surface area contributed by atoms with Crippen molar-refractivity contribution >= 4 is 21.7 Å². The van der Waals surface area contributed by atoms with Gasteiger partial charge < -0.3 is 0 Å². The first-order valence-electron chi connectivity index (χ1n) is 4.79. The molecule has 1 aliphatic carbocycles. The number of halogens is 1. The lowest BCUT2D eigenvalue weighted by molar-refractivity contribution is -0.134. The Morgan fingerprint density at radius 3 is 2.29 bits per heavy atom. The summed E-state index contributed by atoms with van der Waals surface area (Å²) in [5, 5.41) is 0. The number of ketones is 1. The first-order valence-corrected chi connectivity index (χ1v) is 5.58. The van der Waals surface area contributed by atoms with E-state index in [4.69, 9.17) is 0 Å². The van der Waals surface area contributed by atoms with E-state index in [1.165, 1.54) is 0 Å². The fraction of sp³-hybridized carbons (Fsp3) is 0.417. The Kier molecular flexibility index (Phi) is 2.26. The van der Waals surface area contributed by atoms with E-state index in [-0.39, 0.29) is 11.3 Å². The molecule has 2 heteroatoms. The summed E-state index contributed by atoms with van der Waals surface area (Å²) in [5.74, 6) is 0.480. The third-order valence-electron chi connectivity index (χ3n) is 2.94. The minimum atomic E-state index is 0.107. The topological polar surface area (TPSA) is 17.1 Å². The van der Waals surface area contributed by atoms with E-state index < -0.39 is 0 Å². The SMILES string of the molecule is CC1(C)CC(=O)C1c1ccc(Br)cc1. The Balaban J connectivity index is 2.31. The van der Waals surface area contributed by atoms with Gasteiger partial charge in [0, 0.05) is 16.8 Å². The highest BCUT2D eigenvalue weighted by Gasteiger charge is 2.46. The predicted octanol–water partition coefficient (Wildman–Crippen LogP) is 3.53. The average molecular weight is 253 g/mol. The first kappa shape index (κ1) is 9.91. The van der Waals surface area contributed by atoms with Crippen LogP contribution in [0.15, 0.2) is 28.7 Å². The van der Waals surface area contributed by atoms with Crippen LogP contribution in [0.2, 0.25) is 0 Å². The molecule has 0 heterocycles. The highest BCUT2D eigenvalue weighted by Crippen LogP contribution is 2.49. The van der Waals surface area contributed by atoms with Gasteiger partial charge in [0.25, 0.3) is 0 Å². The fourth-order valence-electron chi connectivity index (χ4n) is 2.25. The minimum Gasteiger partial charge on any atom is -0.299 e. The van der Waals surface area contributed by atoms with E-state index in [2.05, 4.69) is 29.8 Å². The molecule has 0 spiro atoms. The van der Waals surface area contributed by atoms with Gasteiger partial charge in [-0.15, -0.1) is 0 Å². The number of hydrogen-bond acceptors (Lipinski definition) is 1. The molecule has 0 bridgehead atoms. The van der Waals surface area contributed by atoms with Crippen molar-refractivity contribution in [2.45, 2.75) is 26.2 Å². The third-order valence-corrected chi connectivity index (χ3v) is 3.47. The maximum atomic E-state index is 11.5. The molecular weight excluding hydrogens is 240 g/mol. The van der Waals surface area contributed by atoms with Crippen molar-refractivity contribution in [3.63, 3.8) is 0 Å². The van der Waals surface area contributed by atoms with Crippen LogP contribution in [0.5, 0.6) is 0 Å². The standard InChI is InChI=1S/C12H13BrO/c1-12(2)7-10(14)11(12)8-3-5-9(13)6-4-8/h3-6,11H,7H2,1-2H3. The van der Waals surface area contributed by atoms with E-state index in [0.29, 0.717) is 12.2 Å². The van der Waals surface area contributed by atoms with Crippen LogP contribution in [0.4, 0.5) is 0 Å². The van der Waals surface area contributed by atoms with Crippen LogP contribution in [0.25, 0.3) is 0 Å². The monoisotopic (exact) mass is 252 g/mol. The van der Waals surface area contributed by atoms with Crippen LogP contribution in [-0.4, -0.2) is 5.78 Å². The molecule has 1 nitrogen and oxygen atoms in total. The largest absolute Gasteiger partial charge is 0.299 e. The van der Waals surface area contributed by atoms with Crippen molar-refractivity contribution in [2.75, 3.05) is 0 Å². The summed E-state index contributed by atoms with van der Waals surface area (Å²) < 4.78 is 1.06. The molecule has 1 saturated carbocycles. The Hall–Kier alpha value is -0.630. The van der Waals surface area contributed by atoms with Crippen molar-refractivity contribution in [3.05, 3.63) is 34.3 Å². The molecule has 0 radical (unpaired) electrons. The van der Waals surface area contributed by atoms with Crippen LogP contribution in [0, 0.1) is 5.41 Å². The van der Waals surface area contributed by atoms with Gasteiger partial charge in [0.1, 0.15) is 5.78 Å². The molecule has 0 N–H and O–H groups in total. The zero-order valence-corrected chi connectivity index (χ0v) is 9.97. The molecule has 14 heavy (non-hydrogen) atoms. The number of hydrogen-bond donors (Lipinski definition) is 0. The summed E-state index contributed by atoms with van der Waals surface area (Å²) >= 11 is 3.39. The molecule has 0 aliphatic heterocycles. The lowest BCUT2D eigenvalue weighted by atomic mass is 9.59. The van der Waals surface area contributed by atoms with E-state index in [1.54, 1.807) is 0 Å². The number of Topliss-reactive ketones (excluding diaryl/α,β-unsaturated/α-hetero) is 1. The number of carbonyl (C=O) groups is 1. The van der Waals surface area contributed by atoms with Gasteiger partial charge in [0.05, 0.1) is 0 Å². The lowest BCUT2D eigenvalue weighted by Gasteiger charge is -2.43. The van der Waals surface area contributed by atoms with Gasteiger partial charge in [-0.25, -0.2) is 0 Å². The highest BCUT2D eigenvalue weighted by molar-refractivity contribution is 9.10. The highest BCUT2D eigenvalue weighted by atomic mass is 79.9. The van der Waals surface area contributed by atoms with Crippen molar-refractivity contribution in [1.82, 2.24) is 0 Å². The second kappa shape index (κ2) is 3.20. The van der Waals surface area contributed by atoms with Crippen LogP contribution in [0.3, 0.4) is 0 Å². The summed E-state index contributed by atoms with van der Waals surface area (Å²) in [5.41, 5.74) is 1.29. The Bertz CT molecular complexity index is 364. The third kappa shape index (κ3) is 1.52. The van der Waals surface area contributed by atoms with E-state index in [9.17, 15) is 4.79 Å². The van der Waals surface area contributed by atoms with Gasteiger partial charge in [0.15, 0.2) is 0 Å². The molecule has 0 aromatic heterocycles. The van der Waals surface area contributed by atoms with Gasteiger partial charge in [0.2, 0.25) is 0 Å². The van der Waals surface area contributed by atoms with Crippen molar-refractivity contribution in [2.24, 2.45) is 5.41 Å². The van der Waals surface area contributed by atoms with Crippen LogP contribution < -0.4 is 0 Å². The Morgan fingerprint density at radius 2 is 1.86 bits per heavy atom. The minimum absolute atomic E-state index is 0.107. The zero-order chi connectivity index (χ0) is 10.3. The van der Waals surface area contributed by atoms with Crippen LogP contribution >= 0.6 is 15.9 Å². The first-order chi connectivity index (χ1) is 6.50. The molecule has 0 saturated heterocycles. The van der Waals surface area contributed by atoms with E-state index in [1.807, 2.05) is 24.3 Å². The maximum Gasteiger partial charge on any atom is 0.141 e. The molecule has 1 unspecified atom stereocenters. The molecule has 1 atom stereocenters.